The molecule has 3 heterocycles. The molecule has 0 unspecified atom stereocenters. The number of rotatable bonds is 5. The van der Waals surface area contributed by atoms with Crippen molar-refractivity contribution in [2.75, 3.05) is 12.4 Å². The summed E-state index contributed by atoms with van der Waals surface area (Å²) in [5.41, 5.74) is 2.45. The van der Waals surface area contributed by atoms with E-state index < -0.39 is 0 Å². The fraction of sp³-hybridized carbons (Fsp3) is 0.409. The second-order valence-corrected chi connectivity index (χ2v) is 9.90. The minimum atomic E-state index is -0.326. The van der Waals surface area contributed by atoms with E-state index in [1.165, 1.54) is 23.1 Å². The number of aromatic nitrogens is 2. The van der Waals surface area contributed by atoms with Gasteiger partial charge in [-0.3, -0.25) is 14.2 Å². The average Bonchev–Trinajstić information content (AvgIpc) is 3.04. The van der Waals surface area contributed by atoms with Crippen LogP contribution in [0, 0.1) is 6.92 Å². The largest absolute Gasteiger partial charge is 0.465 e. The number of hydrogen-bond donors (Lipinski definition) is 0. The highest BCUT2D eigenvalue weighted by molar-refractivity contribution is 7.99. The molecule has 30 heavy (non-hydrogen) atoms. The first-order valence-electron chi connectivity index (χ1n) is 9.86. The number of thiophene rings is 1. The van der Waals surface area contributed by atoms with Crippen molar-refractivity contribution in [1.82, 2.24) is 9.55 Å². The van der Waals surface area contributed by atoms with Crippen molar-refractivity contribution in [2.45, 2.75) is 51.5 Å². The van der Waals surface area contributed by atoms with E-state index in [-0.39, 0.29) is 22.9 Å². The van der Waals surface area contributed by atoms with Crippen LogP contribution < -0.4 is 5.56 Å². The summed E-state index contributed by atoms with van der Waals surface area (Å²) < 4.78 is 12.6. The van der Waals surface area contributed by atoms with Crippen LogP contribution >= 0.6 is 23.1 Å². The number of fused-ring (bicyclic) bond motifs is 3. The first-order chi connectivity index (χ1) is 14.3. The first kappa shape index (κ1) is 21.1. The third-order valence-electron chi connectivity index (χ3n) is 4.99. The van der Waals surface area contributed by atoms with E-state index in [1.807, 2.05) is 45.0 Å². The van der Waals surface area contributed by atoms with Crippen molar-refractivity contribution in [2.24, 2.45) is 0 Å². The van der Waals surface area contributed by atoms with Crippen LogP contribution in [0.15, 0.2) is 34.2 Å². The second kappa shape index (κ2) is 8.17. The van der Waals surface area contributed by atoms with Crippen LogP contribution in [-0.4, -0.2) is 33.5 Å². The second-order valence-electron chi connectivity index (χ2n) is 7.87. The SMILES string of the molecule is CCOC(=O)CSc1nc2sc3c(c2c(=O)n1-c1ccc(C)cc1)CC(C)(C)OC3. The Hall–Kier alpha value is -2.16. The van der Waals surface area contributed by atoms with Crippen molar-refractivity contribution < 1.29 is 14.3 Å². The molecule has 0 atom stereocenters. The lowest BCUT2D eigenvalue weighted by Crippen LogP contribution is -2.32. The van der Waals surface area contributed by atoms with E-state index >= 15 is 0 Å². The van der Waals surface area contributed by atoms with E-state index in [9.17, 15) is 9.59 Å². The zero-order valence-corrected chi connectivity index (χ0v) is 19.1. The molecule has 1 aliphatic rings. The number of esters is 1. The van der Waals surface area contributed by atoms with Gasteiger partial charge in [-0.25, -0.2) is 4.98 Å². The van der Waals surface area contributed by atoms with E-state index in [4.69, 9.17) is 14.5 Å². The molecule has 0 radical (unpaired) electrons. The summed E-state index contributed by atoms with van der Waals surface area (Å²) in [4.78, 5) is 32.2. The van der Waals surface area contributed by atoms with Gasteiger partial charge in [0.1, 0.15) is 4.83 Å². The molecule has 2 aromatic heterocycles. The molecule has 8 heteroatoms. The van der Waals surface area contributed by atoms with Gasteiger partial charge in [0.25, 0.3) is 5.56 Å². The van der Waals surface area contributed by atoms with Gasteiger partial charge in [0.05, 0.1) is 35.6 Å². The van der Waals surface area contributed by atoms with Crippen LogP contribution in [0.25, 0.3) is 15.9 Å². The van der Waals surface area contributed by atoms with Crippen LogP contribution in [-0.2, 0) is 27.3 Å². The van der Waals surface area contributed by atoms with Gasteiger partial charge in [0, 0.05) is 11.3 Å². The number of benzene rings is 1. The number of thioether (sulfide) groups is 1. The molecule has 0 bridgehead atoms. The normalized spacial score (nSPS) is 15.2. The Morgan fingerprint density at radius 1 is 1.33 bits per heavy atom. The summed E-state index contributed by atoms with van der Waals surface area (Å²) in [6.07, 6.45) is 0.669. The lowest BCUT2D eigenvalue weighted by molar-refractivity contribution is -0.139. The van der Waals surface area contributed by atoms with Gasteiger partial charge in [-0.1, -0.05) is 29.5 Å². The monoisotopic (exact) mass is 444 g/mol. The Kier molecular flexibility index (Phi) is 5.74. The van der Waals surface area contributed by atoms with Gasteiger partial charge in [0.2, 0.25) is 0 Å². The highest BCUT2D eigenvalue weighted by Crippen LogP contribution is 2.37. The molecule has 0 aliphatic carbocycles. The van der Waals surface area contributed by atoms with Crippen molar-refractivity contribution >= 4 is 39.3 Å². The summed E-state index contributed by atoms with van der Waals surface area (Å²) in [5, 5.41) is 1.15. The van der Waals surface area contributed by atoms with Crippen LogP contribution in [0.4, 0.5) is 0 Å². The molecule has 1 aromatic carbocycles. The molecule has 0 spiro atoms. The summed E-state index contributed by atoms with van der Waals surface area (Å²) >= 11 is 2.72. The van der Waals surface area contributed by atoms with Gasteiger partial charge < -0.3 is 9.47 Å². The van der Waals surface area contributed by atoms with Crippen LogP contribution in [0.5, 0.6) is 0 Å². The maximum absolute atomic E-state index is 13.7. The fourth-order valence-corrected chi connectivity index (χ4v) is 5.47. The minimum Gasteiger partial charge on any atom is -0.465 e. The predicted octanol–water partition coefficient (Wildman–Crippen LogP) is 4.26. The standard InChI is InChI=1S/C22H24N2O4S2/c1-5-27-17(25)12-29-21-23-19-18(15-10-22(3,4)28-11-16(15)30-19)20(26)24(21)14-8-6-13(2)7-9-14/h6-9H,5,10-12H2,1-4H3. The lowest BCUT2D eigenvalue weighted by Gasteiger charge is -2.29. The molecule has 3 aromatic rings. The van der Waals surface area contributed by atoms with Crippen LogP contribution in [0.1, 0.15) is 36.8 Å². The topological polar surface area (TPSA) is 70.4 Å². The summed E-state index contributed by atoms with van der Waals surface area (Å²) in [6, 6.07) is 7.74. The Morgan fingerprint density at radius 2 is 2.07 bits per heavy atom. The molecule has 158 valence electrons. The maximum atomic E-state index is 13.7. The van der Waals surface area contributed by atoms with E-state index in [2.05, 4.69) is 0 Å². The Balaban J connectivity index is 1.89. The van der Waals surface area contributed by atoms with Gasteiger partial charge in [-0.2, -0.15) is 0 Å². The molecule has 6 nitrogen and oxygen atoms in total. The quantitative estimate of drug-likeness (QED) is 0.333. The first-order valence-corrected chi connectivity index (χ1v) is 11.7. The van der Waals surface area contributed by atoms with Gasteiger partial charge in [0.15, 0.2) is 5.16 Å². The number of aryl methyl sites for hydroxylation is 1. The van der Waals surface area contributed by atoms with Gasteiger partial charge in [-0.05, 0) is 45.4 Å². The van der Waals surface area contributed by atoms with E-state index in [0.717, 1.165) is 21.7 Å². The van der Waals surface area contributed by atoms with Gasteiger partial charge in [-0.15, -0.1) is 11.3 Å². The molecule has 0 N–H and O–H groups in total. The molecule has 0 saturated heterocycles. The van der Waals surface area contributed by atoms with Crippen molar-refractivity contribution in [1.29, 1.82) is 0 Å². The molecule has 1 aliphatic heterocycles. The molecule has 4 rings (SSSR count). The molecule has 0 amide bonds. The van der Waals surface area contributed by atoms with Crippen molar-refractivity contribution in [3.8, 4) is 5.69 Å². The summed E-state index contributed by atoms with van der Waals surface area (Å²) in [6.45, 7) is 8.66. The smallest absolute Gasteiger partial charge is 0.316 e. The Bertz CT molecular complexity index is 1160. The summed E-state index contributed by atoms with van der Waals surface area (Å²) in [5.74, 6) is -0.230. The molecular formula is C22H24N2O4S2. The predicted molar refractivity (Wildman–Crippen MR) is 120 cm³/mol. The van der Waals surface area contributed by atoms with Crippen LogP contribution in [0.2, 0.25) is 0 Å². The number of nitrogens with zero attached hydrogens (tertiary/aromatic N) is 2. The zero-order chi connectivity index (χ0) is 21.5. The molecule has 0 fully saturated rings. The maximum Gasteiger partial charge on any atom is 0.316 e. The third kappa shape index (κ3) is 4.04. The number of hydrogen-bond acceptors (Lipinski definition) is 7. The summed E-state index contributed by atoms with van der Waals surface area (Å²) in [7, 11) is 0. The molecule has 0 saturated carbocycles. The zero-order valence-electron chi connectivity index (χ0n) is 17.5. The van der Waals surface area contributed by atoms with Crippen molar-refractivity contribution in [3.05, 3.63) is 50.6 Å². The Labute approximate surface area is 183 Å². The third-order valence-corrected chi connectivity index (χ3v) is 7.00. The van der Waals surface area contributed by atoms with E-state index in [1.54, 1.807) is 11.5 Å². The highest BCUT2D eigenvalue weighted by Gasteiger charge is 2.31. The number of ether oxygens (including phenoxy) is 2. The lowest BCUT2D eigenvalue weighted by atomic mass is 9.94. The van der Waals surface area contributed by atoms with Crippen LogP contribution in [0.3, 0.4) is 0 Å². The number of carbonyl (C=O) groups is 1. The van der Waals surface area contributed by atoms with Gasteiger partial charge >= 0.3 is 5.97 Å². The Morgan fingerprint density at radius 3 is 2.77 bits per heavy atom. The highest BCUT2D eigenvalue weighted by atomic mass is 32.2. The van der Waals surface area contributed by atoms with Crippen molar-refractivity contribution in [3.63, 3.8) is 0 Å². The van der Waals surface area contributed by atoms with E-state index in [0.29, 0.717) is 35.0 Å². The fourth-order valence-electron chi connectivity index (χ4n) is 3.52. The molecular weight excluding hydrogens is 420 g/mol. The minimum absolute atomic E-state index is 0.0961. The average molecular weight is 445 g/mol. The number of carbonyl (C=O) groups excluding carboxylic acids is 1.